The first kappa shape index (κ1) is 16.3. The van der Waals surface area contributed by atoms with Crippen molar-refractivity contribution < 1.29 is 19.0 Å². The van der Waals surface area contributed by atoms with Crippen LogP contribution in [0.2, 0.25) is 5.02 Å². The standard InChI is InChI=1S/C17H17ClN2O4/c1-22-15-9-13(16(23-2)8-12(15)18)20-17(21)19-11-3-4-14-10(7-11)5-6-24-14/h3-4,7-9H,5-6H2,1-2H3,(H2,19,20,21). The minimum atomic E-state index is -0.392. The molecule has 3 rings (SSSR count). The van der Waals surface area contributed by atoms with Crippen molar-refractivity contribution in [2.24, 2.45) is 0 Å². The van der Waals surface area contributed by atoms with Crippen molar-refractivity contribution >= 4 is 29.0 Å². The Balaban J connectivity index is 1.75. The van der Waals surface area contributed by atoms with Crippen molar-refractivity contribution in [3.63, 3.8) is 0 Å². The van der Waals surface area contributed by atoms with Gasteiger partial charge >= 0.3 is 6.03 Å². The maximum absolute atomic E-state index is 12.3. The summed E-state index contributed by atoms with van der Waals surface area (Å²) >= 11 is 6.06. The third-order valence-electron chi connectivity index (χ3n) is 3.67. The third kappa shape index (κ3) is 3.33. The van der Waals surface area contributed by atoms with Crippen molar-refractivity contribution in [1.82, 2.24) is 0 Å². The average Bonchev–Trinajstić information content (AvgIpc) is 3.03. The predicted octanol–water partition coefficient (Wildman–Crippen LogP) is 3.94. The number of methoxy groups -OCH3 is 2. The minimum absolute atomic E-state index is 0.392. The SMILES string of the molecule is COc1cc(NC(=O)Nc2ccc3c(c2)CCO3)c(OC)cc1Cl. The number of ether oxygens (including phenoxy) is 3. The van der Waals surface area contributed by atoms with Gasteiger partial charge in [-0.3, -0.25) is 0 Å². The fourth-order valence-electron chi connectivity index (χ4n) is 2.51. The van der Waals surface area contributed by atoms with Gasteiger partial charge in [-0.1, -0.05) is 11.6 Å². The lowest BCUT2D eigenvalue weighted by Crippen LogP contribution is -2.20. The molecule has 1 heterocycles. The van der Waals surface area contributed by atoms with E-state index in [2.05, 4.69) is 10.6 Å². The quantitative estimate of drug-likeness (QED) is 0.878. The second-order valence-corrected chi connectivity index (χ2v) is 5.59. The molecular formula is C17H17ClN2O4. The molecule has 7 heteroatoms. The molecule has 0 aromatic heterocycles. The number of hydrogen-bond donors (Lipinski definition) is 2. The summed E-state index contributed by atoms with van der Waals surface area (Å²) in [6, 6.07) is 8.35. The van der Waals surface area contributed by atoms with E-state index in [0.717, 1.165) is 17.7 Å². The third-order valence-corrected chi connectivity index (χ3v) is 3.96. The Morgan fingerprint density at radius 2 is 1.92 bits per heavy atom. The van der Waals surface area contributed by atoms with Crippen molar-refractivity contribution in [2.75, 3.05) is 31.5 Å². The monoisotopic (exact) mass is 348 g/mol. The van der Waals surface area contributed by atoms with E-state index in [4.69, 9.17) is 25.8 Å². The number of carbonyl (C=O) groups is 1. The van der Waals surface area contributed by atoms with Crippen LogP contribution in [-0.2, 0) is 6.42 Å². The van der Waals surface area contributed by atoms with E-state index >= 15 is 0 Å². The molecule has 0 fully saturated rings. The van der Waals surface area contributed by atoms with Crippen LogP contribution in [-0.4, -0.2) is 26.9 Å². The van der Waals surface area contributed by atoms with Crippen molar-refractivity contribution in [2.45, 2.75) is 6.42 Å². The molecule has 24 heavy (non-hydrogen) atoms. The summed E-state index contributed by atoms with van der Waals surface area (Å²) in [4.78, 5) is 12.3. The van der Waals surface area contributed by atoms with Crippen LogP contribution in [0.15, 0.2) is 30.3 Å². The number of carbonyl (C=O) groups excluding carboxylic acids is 1. The lowest BCUT2D eigenvalue weighted by Gasteiger charge is -2.14. The zero-order valence-electron chi connectivity index (χ0n) is 13.3. The van der Waals surface area contributed by atoms with Gasteiger partial charge in [0, 0.05) is 24.2 Å². The van der Waals surface area contributed by atoms with Crippen LogP contribution in [0.4, 0.5) is 16.2 Å². The molecule has 0 radical (unpaired) electrons. The fraction of sp³-hybridized carbons (Fsp3) is 0.235. The summed E-state index contributed by atoms with van der Waals surface area (Å²) in [5, 5.41) is 5.93. The maximum Gasteiger partial charge on any atom is 0.323 e. The van der Waals surface area contributed by atoms with Crippen molar-refractivity contribution in [1.29, 1.82) is 0 Å². The molecule has 2 N–H and O–H groups in total. The van der Waals surface area contributed by atoms with Crippen LogP contribution in [0.25, 0.3) is 0 Å². The van der Waals surface area contributed by atoms with Crippen molar-refractivity contribution in [3.8, 4) is 17.2 Å². The second kappa shape index (κ2) is 6.88. The number of anilines is 2. The molecule has 0 aliphatic carbocycles. The van der Waals surface area contributed by atoms with E-state index in [-0.39, 0.29) is 0 Å². The average molecular weight is 349 g/mol. The highest BCUT2D eigenvalue weighted by Crippen LogP contribution is 2.36. The van der Waals surface area contributed by atoms with Gasteiger partial charge < -0.3 is 24.8 Å². The highest BCUT2D eigenvalue weighted by molar-refractivity contribution is 6.32. The van der Waals surface area contributed by atoms with E-state index in [1.54, 1.807) is 18.2 Å². The van der Waals surface area contributed by atoms with Crippen LogP contribution in [0.1, 0.15) is 5.56 Å². The Morgan fingerprint density at radius 3 is 2.67 bits per heavy atom. The zero-order chi connectivity index (χ0) is 17.1. The predicted molar refractivity (Wildman–Crippen MR) is 92.8 cm³/mol. The molecule has 0 saturated carbocycles. The van der Waals surface area contributed by atoms with Gasteiger partial charge in [0.25, 0.3) is 0 Å². The van der Waals surface area contributed by atoms with E-state index in [0.29, 0.717) is 34.5 Å². The number of hydrogen-bond acceptors (Lipinski definition) is 4. The van der Waals surface area contributed by atoms with Crippen LogP contribution in [0.3, 0.4) is 0 Å². The van der Waals surface area contributed by atoms with Crippen LogP contribution < -0.4 is 24.8 Å². The largest absolute Gasteiger partial charge is 0.495 e. The number of amides is 2. The summed E-state index contributed by atoms with van der Waals surface area (Å²) in [6.07, 6.45) is 0.842. The molecule has 2 aromatic carbocycles. The van der Waals surface area contributed by atoms with E-state index in [9.17, 15) is 4.79 Å². The Labute approximate surface area is 144 Å². The van der Waals surface area contributed by atoms with E-state index in [1.807, 2.05) is 12.1 Å². The molecule has 2 aromatic rings. The van der Waals surface area contributed by atoms with Crippen LogP contribution in [0, 0.1) is 0 Å². The Morgan fingerprint density at radius 1 is 1.12 bits per heavy atom. The lowest BCUT2D eigenvalue weighted by atomic mass is 10.1. The lowest BCUT2D eigenvalue weighted by molar-refractivity contribution is 0.262. The number of nitrogens with one attached hydrogen (secondary N) is 2. The highest BCUT2D eigenvalue weighted by Gasteiger charge is 2.15. The molecule has 0 spiro atoms. The van der Waals surface area contributed by atoms with Crippen LogP contribution >= 0.6 is 11.6 Å². The first-order valence-electron chi connectivity index (χ1n) is 7.36. The molecule has 0 atom stereocenters. The summed E-state index contributed by atoms with van der Waals surface area (Å²) in [7, 11) is 3.01. The van der Waals surface area contributed by atoms with Gasteiger partial charge in [0.1, 0.15) is 17.2 Å². The molecular weight excluding hydrogens is 332 g/mol. The van der Waals surface area contributed by atoms with Gasteiger partial charge in [-0.05, 0) is 23.8 Å². The molecule has 1 aliphatic rings. The molecule has 0 bridgehead atoms. The minimum Gasteiger partial charge on any atom is -0.495 e. The Kier molecular flexibility index (Phi) is 4.66. The first-order chi connectivity index (χ1) is 11.6. The van der Waals surface area contributed by atoms with Gasteiger partial charge in [-0.25, -0.2) is 4.79 Å². The van der Waals surface area contributed by atoms with Gasteiger partial charge in [-0.2, -0.15) is 0 Å². The van der Waals surface area contributed by atoms with E-state index in [1.165, 1.54) is 14.2 Å². The molecule has 0 saturated heterocycles. The summed E-state index contributed by atoms with van der Waals surface area (Å²) in [6.45, 7) is 0.673. The number of fused-ring (bicyclic) bond motifs is 1. The topological polar surface area (TPSA) is 68.8 Å². The van der Waals surface area contributed by atoms with E-state index < -0.39 is 6.03 Å². The van der Waals surface area contributed by atoms with Gasteiger partial charge in [-0.15, -0.1) is 0 Å². The summed E-state index contributed by atoms with van der Waals surface area (Å²) in [5.41, 5.74) is 2.23. The van der Waals surface area contributed by atoms with Gasteiger partial charge in [0.2, 0.25) is 0 Å². The number of rotatable bonds is 4. The molecule has 126 valence electrons. The van der Waals surface area contributed by atoms with Crippen LogP contribution in [0.5, 0.6) is 17.2 Å². The molecule has 1 aliphatic heterocycles. The Hall–Kier alpha value is -2.60. The normalized spacial score (nSPS) is 12.1. The highest BCUT2D eigenvalue weighted by atomic mass is 35.5. The number of benzene rings is 2. The summed E-state index contributed by atoms with van der Waals surface area (Å²) < 4.78 is 15.9. The maximum atomic E-state index is 12.3. The molecule has 6 nitrogen and oxygen atoms in total. The zero-order valence-corrected chi connectivity index (χ0v) is 14.1. The van der Waals surface area contributed by atoms with Gasteiger partial charge in [0.05, 0.1) is 31.5 Å². The first-order valence-corrected chi connectivity index (χ1v) is 7.73. The molecule has 2 amide bonds. The smallest absolute Gasteiger partial charge is 0.323 e. The number of halogens is 1. The Bertz CT molecular complexity index is 779. The fourth-order valence-corrected chi connectivity index (χ4v) is 2.74. The summed E-state index contributed by atoms with van der Waals surface area (Å²) in [5.74, 6) is 1.76. The van der Waals surface area contributed by atoms with Gasteiger partial charge in [0.15, 0.2) is 0 Å². The van der Waals surface area contributed by atoms with Crippen molar-refractivity contribution in [3.05, 3.63) is 40.9 Å². The second-order valence-electron chi connectivity index (χ2n) is 5.19. The number of urea groups is 1. The molecule has 0 unspecified atom stereocenters.